The Morgan fingerprint density at radius 2 is 2.05 bits per heavy atom. The van der Waals surface area contributed by atoms with Crippen molar-refractivity contribution >= 4 is 37.8 Å². The van der Waals surface area contributed by atoms with Gasteiger partial charge in [-0.1, -0.05) is 0 Å². The van der Waals surface area contributed by atoms with Gasteiger partial charge >= 0.3 is 0 Å². The Hall–Kier alpha value is -0.590. The zero-order valence-electron chi connectivity index (χ0n) is 12.1. The van der Waals surface area contributed by atoms with Crippen LogP contribution in [0.15, 0.2) is 21.1 Å². The number of methoxy groups -OCH3 is 1. The second-order valence-electron chi connectivity index (χ2n) is 5.11. The average Bonchev–Trinajstić information content (AvgIpc) is 2.84. The van der Waals surface area contributed by atoms with Crippen LogP contribution in [-0.4, -0.2) is 37.6 Å². The first-order chi connectivity index (χ1) is 10.1. The van der Waals surface area contributed by atoms with Gasteiger partial charge in [-0.3, -0.25) is 4.79 Å². The maximum Gasteiger partial charge on any atom is 0.222 e. The number of hydrogen-bond acceptors (Lipinski definition) is 3. The van der Waals surface area contributed by atoms with Crippen molar-refractivity contribution in [3.05, 3.63) is 26.6 Å². The number of carbonyl (C=O) groups excluding carboxylic acids is 1. The predicted octanol–water partition coefficient (Wildman–Crippen LogP) is 3.32. The van der Waals surface area contributed by atoms with Crippen LogP contribution in [0.4, 0.5) is 0 Å². The Morgan fingerprint density at radius 1 is 1.33 bits per heavy atom. The summed E-state index contributed by atoms with van der Waals surface area (Å²) in [5, 5.41) is 3.41. The number of carbonyl (C=O) groups is 1. The molecule has 0 unspecified atom stereocenters. The first kappa shape index (κ1) is 16.8. The van der Waals surface area contributed by atoms with Gasteiger partial charge in [-0.25, -0.2) is 0 Å². The minimum atomic E-state index is 0.304. The average molecular weight is 420 g/mol. The fourth-order valence-corrected chi connectivity index (χ4v) is 4.08. The molecule has 1 aliphatic rings. The van der Waals surface area contributed by atoms with Crippen molar-refractivity contribution < 1.29 is 9.53 Å². The van der Waals surface area contributed by atoms with Crippen LogP contribution in [0.25, 0.3) is 0 Å². The highest BCUT2D eigenvalue weighted by atomic mass is 79.9. The SMILES string of the molecule is COc1c(Br)cc(CNCCCN2CCCC2=O)cc1Br. The standard InChI is InChI=1S/C15H20Br2N2O2/c1-21-15-12(16)8-11(9-13(15)17)10-18-5-3-7-19-6-2-4-14(19)20/h8-9,18H,2-7,10H2,1H3. The molecule has 0 atom stereocenters. The number of nitrogens with zero attached hydrogens (tertiary/aromatic N) is 1. The van der Waals surface area contributed by atoms with Crippen LogP contribution in [0.1, 0.15) is 24.8 Å². The minimum Gasteiger partial charge on any atom is -0.494 e. The highest BCUT2D eigenvalue weighted by Crippen LogP contribution is 2.34. The van der Waals surface area contributed by atoms with E-state index in [-0.39, 0.29) is 0 Å². The molecule has 6 heteroatoms. The Labute approximate surface area is 142 Å². The number of benzene rings is 1. The lowest BCUT2D eigenvalue weighted by atomic mass is 10.2. The van der Waals surface area contributed by atoms with Gasteiger partial charge in [0.05, 0.1) is 16.1 Å². The second-order valence-corrected chi connectivity index (χ2v) is 6.82. The molecule has 1 saturated heterocycles. The number of ether oxygens (including phenoxy) is 1. The minimum absolute atomic E-state index is 0.304. The maximum atomic E-state index is 11.5. The van der Waals surface area contributed by atoms with Crippen molar-refractivity contribution in [1.82, 2.24) is 10.2 Å². The largest absolute Gasteiger partial charge is 0.494 e. The van der Waals surface area contributed by atoms with Crippen LogP contribution in [-0.2, 0) is 11.3 Å². The van der Waals surface area contributed by atoms with Crippen LogP contribution in [0.3, 0.4) is 0 Å². The molecule has 0 aromatic heterocycles. The number of rotatable bonds is 7. The van der Waals surface area contributed by atoms with Crippen molar-refractivity contribution in [3.8, 4) is 5.75 Å². The molecule has 1 aromatic carbocycles. The number of likely N-dealkylation sites (tertiary alicyclic amines) is 1. The maximum absolute atomic E-state index is 11.5. The van der Waals surface area contributed by atoms with E-state index in [9.17, 15) is 4.79 Å². The van der Waals surface area contributed by atoms with Crippen LogP contribution < -0.4 is 10.1 Å². The van der Waals surface area contributed by atoms with E-state index < -0.39 is 0 Å². The summed E-state index contributed by atoms with van der Waals surface area (Å²) in [6.07, 6.45) is 2.73. The van der Waals surface area contributed by atoms with Gasteiger partial charge in [-0.2, -0.15) is 0 Å². The lowest BCUT2D eigenvalue weighted by Gasteiger charge is -2.15. The third-order valence-electron chi connectivity index (χ3n) is 3.54. The molecule has 116 valence electrons. The van der Waals surface area contributed by atoms with E-state index >= 15 is 0 Å². The van der Waals surface area contributed by atoms with E-state index in [1.165, 1.54) is 5.56 Å². The molecule has 0 bridgehead atoms. The summed E-state index contributed by atoms with van der Waals surface area (Å²) in [6.45, 7) is 3.50. The molecule has 4 nitrogen and oxygen atoms in total. The van der Waals surface area contributed by atoms with Crippen LogP contribution in [0.5, 0.6) is 5.75 Å². The quantitative estimate of drug-likeness (QED) is 0.689. The molecule has 0 spiro atoms. The molecule has 1 aliphatic heterocycles. The summed E-state index contributed by atoms with van der Waals surface area (Å²) in [5.74, 6) is 1.12. The van der Waals surface area contributed by atoms with Gasteiger partial charge in [0.25, 0.3) is 0 Å². The predicted molar refractivity (Wildman–Crippen MR) is 90.5 cm³/mol. The fraction of sp³-hybridized carbons (Fsp3) is 0.533. The molecule has 1 heterocycles. The van der Waals surface area contributed by atoms with E-state index in [2.05, 4.69) is 49.3 Å². The lowest BCUT2D eigenvalue weighted by molar-refractivity contribution is -0.127. The summed E-state index contributed by atoms with van der Waals surface area (Å²) >= 11 is 7.01. The monoisotopic (exact) mass is 418 g/mol. The summed E-state index contributed by atoms with van der Waals surface area (Å²) < 4.78 is 7.18. The second kappa shape index (κ2) is 8.15. The zero-order chi connectivity index (χ0) is 15.2. The molecule has 0 aliphatic carbocycles. The molecule has 2 rings (SSSR count). The van der Waals surface area contributed by atoms with Gasteiger partial charge in [0.15, 0.2) is 0 Å². The number of nitrogens with one attached hydrogen (secondary N) is 1. The van der Waals surface area contributed by atoms with E-state index in [1.807, 2.05) is 4.90 Å². The molecule has 0 saturated carbocycles. The lowest BCUT2D eigenvalue weighted by Crippen LogP contribution is -2.28. The smallest absolute Gasteiger partial charge is 0.222 e. The Kier molecular flexibility index (Phi) is 6.51. The van der Waals surface area contributed by atoms with Crippen LogP contribution in [0.2, 0.25) is 0 Å². The van der Waals surface area contributed by atoms with Crippen molar-refractivity contribution in [2.45, 2.75) is 25.8 Å². The van der Waals surface area contributed by atoms with E-state index in [1.54, 1.807) is 7.11 Å². The third-order valence-corrected chi connectivity index (χ3v) is 4.72. The highest BCUT2D eigenvalue weighted by Gasteiger charge is 2.18. The summed E-state index contributed by atoms with van der Waals surface area (Å²) in [6, 6.07) is 4.11. The Morgan fingerprint density at radius 3 is 2.62 bits per heavy atom. The summed E-state index contributed by atoms with van der Waals surface area (Å²) in [5.41, 5.74) is 1.19. The van der Waals surface area contributed by atoms with Crippen LogP contribution >= 0.6 is 31.9 Å². The number of halogens is 2. The third kappa shape index (κ3) is 4.69. The fourth-order valence-electron chi connectivity index (χ4n) is 2.48. The van der Waals surface area contributed by atoms with Crippen LogP contribution in [0, 0.1) is 0 Å². The highest BCUT2D eigenvalue weighted by molar-refractivity contribution is 9.11. The van der Waals surface area contributed by atoms with Gasteiger partial charge in [0, 0.05) is 26.1 Å². The molecule has 1 N–H and O–H groups in total. The van der Waals surface area contributed by atoms with Crippen molar-refractivity contribution in [1.29, 1.82) is 0 Å². The van der Waals surface area contributed by atoms with E-state index in [0.29, 0.717) is 5.91 Å². The van der Waals surface area contributed by atoms with Crippen molar-refractivity contribution in [2.24, 2.45) is 0 Å². The molecule has 0 radical (unpaired) electrons. The summed E-state index contributed by atoms with van der Waals surface area (Å²) in [4.78, 5) is 13.4. The normalized spacial score (nSPS) is 14.8. The number of hydrogen-bond donors (Lipinski definition) is 1. The molecule has 1 fully saturated rings. The first-order valence-electron chi connectivity index (χ1n) is 7.12. The van der Waals surface area contributed by atoms with Gasteiger partial charge in [0.2, 0.25) is 5.91 Å². The Bertz CT molecular complexity index is 485. The van der Waals surface area contributed by atoms with Gasteiger partial charge in [-0.05, 0) is 68.9 Å². The van der Waals surface area contributed by atoms with Gasteiger partial charge in [-0.15, -0.1) is 0 Å². The Balaban J connectivity index is 1.72. The summed E-state index contributed by atoms with van der Waals surface area (Å²) in [7, 11) is 1.66. The van der Waals surface area contributed by atoms with Gasteiger partial charge in [0.1, 0.15) is 5.75 Å². The molecule has 1 aromatic rings. The number of amides is 1. The molecular weight excluding hydrogens is 400 g/mol. The molecular formula is C15H20Br2N2O2. The topological polar surface area (TPSA) is 41.6 Å². The van der Waals surface area contributed by atoms with Gasteiger partial charge < -0.3 is 15.0 Å². The van der Waals surface area contributed by atoms with Crippen molar-refractivity contribution in [2.75, 3.05) is 26.7 Å². The molecule has 21 heavy (non-hydrogen) atoms. The van der Waals surface area contributed by atoms with Crippen molar-refractivity contribution in [3.63, 3.8) is 0 Å². The molecule has 1 amide bonds. The van der Waals surface area contributed by atoms with E-state index in [4.69, 9.17) is 4.74 Å². The first-order valence-corrected chi connectivity index (χ1v) is 8.71. The zero-order valence-corrected chi connectivity index (χ0v) is 15.3. The van der Waals surface area contributed by atoms with E-state index in [0.717, 1.165) is 60.1 Å².